The molecule has 3 rings (SSSR count). The zero-order valence-electron chi connectivity index (χ0n) is 9.93. The van der Waals surface area contributed by atoms with Gasteiger partial charge in [-0.15, -0.1) is 0 Å². The standard InChI is InChI=1S/C12H15N3O3/c16-11(7-2-1-3-7)15-5-9-8(13-6-14-9)4-10(15)12(17)18/h6-7,10H,1-5H2,(H,13,14)(H,17,18). The quantitative estimate of drug-likeness (QED) is 0.801. The maximum atomic E-state index is 12.3. The van der Waals surface area contributed by atoms with E-state index < -0.39 is 12.0 Å². The number of hydrogen-bond donors (Lipinski definition) is 2. The van der Waals surface area contributed by atoms with Gasteiger partial charge in [0.2, 0.25) is 5.91 Å². The maximum absolute atomic E-state index is 12.3. The number of carboxylic acid groups (broad SMARTS) is 1. The third kappa shape index (κ3) is 1.68. The predicted molar refractivity (Wildman–Crippen MR) is 61.6 cm³/mol. The molecule has 1 aliphatic heterocycles. The Balaban J connectivity index is 1.86. The van der Waals surface area contributed by atoms with E-state index in [0.29, 0.717) is 13.0 Å². The van der Waals surface area contributed by atoms with Crippen molar-refractivity contribution >= 4 is 11.9 Å². The summed E-state index contributed by atoms with van der Waals surface area (Å²) in [6.07, 6.45) is 4.69. The third-order valence-electron chi connectivity index (χ3n) is 3.92. The van der Waals surface area contributed by atoms with Gasteiger partial charge in [-0.25, -0.2) is 9.78 Å². The van der Waals surface area contributed by atoms with Crippen LogP contribution in [-0.4, -0.2) is 37.9 Å². The van der Waals surface area contributed by atoms with E-state index in [-0.39, 0.29) is 11.8 Å². The van der Waals surface area contributed by atoms with Crippen molar-refractivity contribution in [3.63, 3.8) is 0 Å². The van der Waals surface area contributed by atoms with E-state index >= 15 is 0 Å². The van der Waals surface area contributed by atoms with Gasteiger partial charge in [0.1, 0.15) is 6.04 Å². The smallest absolute Gasteiger partial charge is 0.326 e. The molecule has 0 aromatic carbocycles. The van der Waals surface area contributed by atoms with Gasteiger partial charge in [-0.2, -0.15) is 0 Å². The molecule has 1 amide bonds. The van der Waals surface area contributed by atoms with Crippen molar-refractivity contribution in [2.45, 2.75) is 38.3 Å². The monoisotopic (exact) mass is 249 g/mol. The Hall–Kier alpha value is -1.85. The lowest BCUT2D eigenvalue weighted by Gasteiger charge is -2.37. The molecule has 6 heteroatoms. The molecule has 96 valence electrons. The fourth-order valence-corrected chi connectivity index (χ4v) is 2.58. The first-order valence-corrected chi connectivity index (χ1v) is 6.21. The number of hydrogen-bond acceptors (Lipinski definition) is 3. The van der Waals surface area contributed by atoms with Gasteiger partial charge in [0.05, 0.1) is 24.3 Å². The lowest BCUT2D eigenvalue weighted by molar-refractivity contribution is -0.154. The zero-order chi connectivity index (χ0) is 12.7. The number of H-pyrrole nitrogens is 1. The molecule has 0 radical (unpaired) electrons. The molecule has 1 fully saturated rings. The van der Waals surface area contributed by atoms with Gasteiger partial charge in [-0.1, -0.05) is 6.42 Å². The van der Waals surface area contributed by atoms with Crippen molar-refractivity contribution in [2.75, 3.05) is 0 Å². The van der Waals surface area contributed by atoms with E-state index in [0.717, 1.165) is 30.7 Å². The first-order chi connectivity index (χ1) is 8.66. The topological polar surface area (TPSA) is 86.3 Å². The van der Waals surface area contributed by atoms with Gasteiger partial charge in [0, 0.05) is 12.3 Å². The Morgan fingerprint density at radius 1 is 1.44 bits per heavy atom. The number of nitrogens with one attached hydrogen (secondary N) is 1. The Morgan fingerprint density at radius 2 is 2.22 bits per heavy atom. The van der Waals surface area contributed by atoms with Crippen molar-refractivity contribution in [2.24, 2.45) is 5.92 Å². The number of aliphatic carboxylic acids is 1. The Morgan fingerprint density at radius 3 is 2.83 bits per heavy atom. The second-order valence-electron chi connectivity index (χ2n) is 4.98. The fraction of sp³-hybridized carbons (Fsp3) is 0.583. The predicted octanol–water partition coefficient (Wildman–Crippen LogP) is 0.548. The van der Waals surface area contributed by atoms with Crippen LogP contribution in [0, 0.1) is 5.92 Å². The summed E-state index contributed by atoms with van der Waals surface area (Å²) in [5, 5.41) is 9.26. The number of fused-ring (bicyclic) bond motifs is 1. The highest BCUT2D eigenvalue weighted by Gasteiger charge is 2.39. The van der Waals surface area contributed by atoms with Crippen molar-refractivity contribution in [3.8, 4) is 0 Å². The highest BCUT2D eigenvalue weighted by Crippen LogP contribution is 2.31. The van der Waals surface area contributed by atoms with Crippen LogP contribution in [0.4, 0.5) is 0 Å². The number of aromatic amines is 1. The number of carbonyl (C=O) groups is 2. The lowest BCUT2D eigenvalue weighted by atomic mass is 9.83. The SMILES string of the molecule is O=C(O)C1Cc2nc[nH]c2CN1C(=O)C1CCC1. The van der Waals surface area contributed by atoms with Crippen molar-refractivity contribution in [3.05, 3.63) is 17.7 Å². The lowest BCUT2D eigenvalue weighted by Crippen LogP contribution is -2.51. The van der Waals surface area contributed by atoms with Crippen molar-refractivity contribution in [1.82, 2.24) is 14.9 Å². The van der Waals surface area contributed by atoms with Gasteiger partial charge in [-0.3, -0.25) is 4.79 Å². The van der Waals surface area contributed by atoms with Gasteiger partial charge in [0.25, 0.3) is 0 Å². The average molecular weight is 249 g/mol. The molecule has 18 heavy (non-hydrogen) atoms. The summed E-state index contributed by atoms with van der Waals surface area (Å²) in [7, 11) is 0. The molecule has 1 aromatic heterocycles. The largest absolute Gasteiger partial charge is 0.480 e. The van der Waals surface area contributed by atoms with Crippen LogP contribution in [-0.2, 0) is 22.6 Å². The highest BCUT2D eigenvalue weighted by molar-refractivity contribution is 5.86. The number of imidazole rings is 1. The number of amides is 1. The number of nitrogens with zero attached hydrogens (tertiary/aromatic N) is 2. The zero-order valence-corrected chi connectivity index (χ0v) is 9.93. The minimum atomic E-state index is -0.948. The molecular weight excluding hydrogens is 234 g/mol. The van der Waals surface area contributed by atoms with Crippen molar-refractivity contribution < 1.29 is 14.7 Å². The average Bonchev–Trinajstić information content (AvgIpc) is 2.71. The van der Waals surface area contributed by atoms with Gasteiger partial charge in [0.15, 0.2) is 0 Å². The fourth-order valence-electron chi connectivity index (χ4n) is 2.58. The minimum absolute atomic E-state index is 0.0195. The van der Waals surface area contributed by atoms with E-state index in [9.17, 15) is 14.7 Å². The summed E-state index contributed by atoms with van der Waals surface area (Å²) in [6.45, 7) is 0.335. The van der Waals surface area contributed by atoms with E-state index in [2.05, 4.69) is 9.97 Å². The molecule has 0 bridgehead atoms. The molecule has 2 N–H and O–H groups in total. The first kappa shape index (κ1) is 11.3. The van der Waals surface area contributed by atoms with Crippen LogP contribution in [0.25, 0.3) is 0 Å². The van der Waals surface area contributed by atoms with Crippen LogP contribution in [0.1, 0.15) is 30.7 Å². The second-order valence-corrected chi connectivity index (χ2v) is 4.98. The molecule has 0 spiro atoms. The third-order valence-corrected chi connectivity index (χ3v) is 3.92. The normalized spacial score (nSPS) is 23.3. The molecule has 0 saturated heterocycles. The summed E-state index contributed by atoms with van der Waals surface area (Å²) in [4.78, 5) is 32.1. The second kappa shape index (κ2) is 4.12. The Bertz CT molecular complexity index is 493. The number of carbonyl (C=O) groups excluding carboxylic acids is 1. The van der Waals surface area contributed by atoms with Crippen LogP contribution in [0.3, 0.4) is 0 Å². The van der Waals surface area contributed by atoms with Gasteiger partial charge < -0.3 is 15.0 Å². The molecule has 1 saturated carbocycles. The summed E-state index contributed by atoms with van der Waals surface area (Å²) >= 11 is 0. The number of carboxylic acids is 1. The summed E-state index contributed by atoms with van der Waals surface area (Å²) in [5.74, 6) is -0.943. The van der Waals surface area contributed by atoms with E-state index in [1.165, 1.54) is 4.90 Å². The number of rotatable bonds is 2. The minimum Gasteiger partial charge on any atom is -0.480 e. The summed E-state index contributed by atoms with van der Waals surface area (Å²) in [6, 6.07) is -0.770. The number of aromatic nitrogens is 2. The molecule has 1 aromatic rings. The molecule has 1 unspecified atom stereocenters. The van der Waals surface area contributed by atoms with Crippen LogP contribution in [0.2, 0.25) is 0 Å². The highest BCUT2D eigenvalue weighted by atomic mass is 16.4. The van der Waals surface area contributed by atoms with Crippen molar-refractivity contribution in [1.29, 1.82) is 0 Å². The van der Waals surface area contributed by atoms with E-state index in [4.69, 9.17) is 0 Å². The van der Waals surface area contributed by atoms with Gasteiger partial charge in [-0.05, 0) is 12.8 Å². The van der Waals surface area contributed by atoms with E-state index in [1.54, 1.807) is 6.33 Å². The summed E-state index contributed by atoms with van der Waals surface area (Å²) in [5.41, 5.74) is 1.63. The van der Waals surface area contributed by atoms with E-state index in [1.807, 2.05) is 0 Å². The molecule has 6 nitrogen and oxygen atoms in total. The summed E-state index contributed by atoms with van der Waals surface area (Å²) < 4.78 is 0. The molecule has 2 heterocycles. The van der Waals surface area contributed by atoms with Crippen LogP contribution in [0.15, 0.2) is 6.33 Å². The van der Waals surface area contributed by atoms with Crippen LogP contribution in [0.5, 0.6) is 0 Å². The first-order valence-electron chi connectivity index (χ1n) is 6.21. The molecular formula is C12H15N3O3. The molecule has 2 aliphatic rings. The Labute approximate surface area is 104 Å². The Kier molecular flexibility index (Phi) is 2.57. The van der Waals surface area contributed by atoms with Gasteiger partial charge >= 0.3 is 5.97 Å². The molecule has 1 atom stereocenters. The van der Waals surface area contributed by atoms with Crippen LogP contribution < -0.4 is 0 Å². The molecule has 1 aliphatic carbocycles. The maximum Gasteiger partial charge on any atom is 0.326 e. The van der Waals surface area contributed by atoms with Crippen LogP contribution >= 0.6 is 0 Å².